The van der Waals surface area contributed by atoms with Gasteiger partial charge in [0.25, 0.3) is 0 Å². The first-order valence-electron chi connectivity index (χ1n) is 4.91. The molecule has 3 rings (SSSR count). The van der Waals surface area contributed by atoms with Gasteiger partial charge in [0.15, 0.2) is 5.78 Å². The lowest BCUT2D eigenvalue weighted by molar-refractivity contribution is -0.114. The van der Waals surface area contributed by atoms with E-state index in [4.69, 9.17) is 16.3 Å². The monoisotopic (exact) mass is 220 g/mol. The van der Waals surface area contributed by atoms with Gasteiger partial charge in [-0.1, -0.05) is 11.6 Å². The average Bonchev–Trinajstić information content (AvgIpc) is 2.58. The third kappa shape index (κ3) is 1.37. The van der Waals surface area contributed by atoms with E-state index in [9.17, 15) is 4.79 Å². The Morgan fingerprint density at radius 2 is 2.27 bits per heavy atom. The van der Waals surface area contributed by atoms with Gasteiger partial charge in [-0.25, -0.2) is 0 Å². The second-order valence-electron chi connectivity index (χ2n) is 3.92. The van der Waals surface area contributed by atoms with E-state index in [1.165, 1.54) is 0 Å². The lowest BCUT2D eigenvalue weighted by atomic mass is 9.93. The Morgan fingerprint density at radius 3 is 3.13 bits per heavy atom. The number of carbonyl (C=O) groups excluding carboxylic acids is 1. The minimum absolute atomic E-state index is 0.187. The maximum atomic E-state index is 11.3. The van der Waals surface area contributed by atoms with Crippen LogP contribution in [0.5, 0.6) is 5.75 Å². The van der Waals surface area contributed by atoms with Crippen LogP contribution in [-0.4, -0.2) is 12.4 Å². The summed E-state index contributed by atoms with van der Waals surface area (Å²) in [5.74, 6) is 1.24. The summed E-state index contributed by atoms with van der Waals surface area (Å²) in [6.45, 7) is 0.603. The topological polar surface area (TPSA) is 26.3 Å². The zero-order valence-electron chi connectivity index (χ0n) is 8.00. The second kappa shape index (κ2) is 3.11. The summed E-state index contributed by atoms with van der Waals surface area (Å²) in [6.07, 6.45) is 2.30. The van der Waals surface area contributed by atoms with Crippen molar-refractivity contribution >= 4 is 23.0 Å². The molecule has 0 bridgehead atoms. The molecular formula is C12H9ClO2. The van der Waals surface area contributed by atoms with Crippen LogP contribution in [0.3, 0.4) is 0 Å². The highest BCUT2D eigenvalue weighted by Gasteiger charge is 2.31. The Morgan fingerprint density at radius 1 is 1.40 bits per heavy atom. The first-order valence-corrected chi connectivity index (χ1v) is 5.29. The molecule has 1 aromatic rings. The third-order valence-electron chi connectivity index (χ3n) is 2.90. The van der Waals surface area contributed by atoms with Crippen LogP contribution in [0.1, 0.15) is 12.0 Å². The van der Waals surface area contributed by atoms with E-state index in [0.717, 1.165) is 16.9 Å². The highest BCUT2D eigenvalue weighted by molar-refractivity contribution is 6.30. The molecule has 2 aliphatic rings. The molecule has 0 saturated heterocycles. The predicted octanol–water partition coefficient (Wildman–Crippen LogP) is 2.70. The number of hydrogen-bond acceptors (Lipinski definition) is 2. The number of benzene rings is 1. The van der Waals surface area contributed by atoms with Crippen LogP contribution >= 0.6 is 11.6 Å². The molecule has 1 aromatic carbocycles. The molecule has 0 fully saturated rings. The van der Waals surface area contributed by atoms with Crippen LogP contribution in [0.4, 0.5) is 0 Å². The van der Waals surface area contributed by atoms with Crippen molar-refractivity contribution in [2.24, 2.45) is 5.92 Å². The molecule has 1 unspecified atom stereocenters. The molecule has 15 heavy (non-hydrogen) atoms. The predicted molar refractivity (Wildman–Crippen MR) is 58.0 cm³/mol. The maximum Gasteiger partial charge on any atom is 0.156 e. The number of halogens is 1. The van der Waals surface area contributed by atoms with Gasteiger partial charge in [-0.3, -0.25) is 4.79 Å². The normalized spacial score (nSPS) is 22.9. The summed E-state index contributed by atoms with van der Waals surface area (Å²) in [4.78, 5) is 11.3. The second-order valence-corrected chi connectivity index (χ2v) is 4.35. The molecule has 0 aromatic heterocycles. The summed E-state index contributed by atoms with van der Waals surface area (Å²) < 4.78 is 5.59. The van der Waals surface area contributed by atoms with E-state index >= 15 is 0 Å². The van der Waals surface area contributed by atoms with Gasteiger partial charge in [0.2, 0.25) is 0 Å². The van der Waals surface area contributed by atoms with E-state index in [2.05, 4.69) is 0 Å². The molecule has 1 atom stereocenters. The minimum atomic E-state index is 0.187. The van der Waals surface area contributed by atoms with Gasteiger partial charge in [0.1, 0.15) is 5.75 Å². The van der Waals surface area contributed by atoms with E-state index in [1.54, 1.807) is 12.1 Å². The van der Waals surface area contributed by atoms with Gasteiger partial charge in [0.05, 0.1) is 6.61 Å². The first kappa shape index (κ1) is 8.98. The highest BCUT2D eigenvalue weighted by atomic mass is 35.5. The van der Waals surface area contributed by atoms with Gasteiger partial charge in [-0.15, -0.1) is 0 Å². The minimum Gasteiger partial charge on any atom is -0.492 e. The largest absolute Gasteiger partial charge is 0.492 e. The van der Waals surface area contributed by atoms with Gasteiger partial charge in [0, 0.05) is 22.9 Å². The molecule has 0 radical (unpaired) electrons. The number of ketones is 1. The van der Waals surface area contributed by atoms with E-state index in [-0.39, 0.29) is 11.7 Å². The summed E-state index contributed by atoms with van der Waals surface area (Å²) in [6, 6.07) is 5.53. The van der Waals surface area contributed by atoms with Gasteiger partial charge in [-0.05, 0) is 29.8 Å². The van der Waals surface area contributed by atoms with Gasteiger partial charge < -0.3 is 4.74 Å². The molecule has 1 aliphatic carbocycles. The summed E-state index contributed by atoms with van der Waals surface area (Å²) >= 11 is 5.94. The molecule has 0 N–H and O–H groups in total. The molecule has 2 nitrogen and oxygen atoms in total. The number of hydrogen-bond donors (Lipinski definition) is 0. The van der Waals surface area contributed by atoms with Crippen LogP contribution in [0.2, 0.25) is 5.02 Å². The zero-order chi connectivity index (χ0) is 10.4. The fraction of sp³-hybridized carbons (Fsp3) is 0.250. The summed E-state index contributed by atoms with van der Waals surface area (Å²) in [5.41, 5.74) is 2.06. The van der Waals surface area contributed by atoms with E-state index in [0.29, 0.717) is 18.1 Å². The van der Waals surface area contributed by atoms with Crippen molar-refractivity contribution in [3.63, 3.8) is 0 Å². The molecule has 0 amide bonds. The van der Waals surface area contributed by atoms with Crippen molar-refractivity contribution in [3.8, 4) is 5.75 Å². The molecule has 1 aliphatic heterocycles. The Hall–Kier alpha value is -1.28. The number of carbonyl (C=O) groups is 1. The Bertz CT molecular complexity index is 477. The van der Waals surface area contributed by atoms with Crippen LogP contribution in [0.15, 0.2) is 24.3 Å². The number of rotatable bonds is 0. The molecule has 1 heterocycles. The molecule has 3 heteroatoms. The number of ether oxygens (including phenoxy) is 1. The van der Waals surface area contributed by atoms with E-state index in [1.807, 2.05) is 12.1 Å². The highest BCUT2D eigenvalue weighted by Crippen LogP contribution is 2.42. The Balaban J connectivity index is 2.17. The summed E-state index contributed by atoms with van der Waals surface area (Å²) in [5, 5.41) is 0.679. The van der Waals surface area contributed by atoms with Crippen molar-refractivity contribution in [2.45, 2.75) is 6.42 Å². The number of fused-ring (bicyclic) bond motifs is 3. The van der Waals surface area contributed by atoms with Gasteiger partial charge >= 0.3 is 0 Å². The SMILES string of the molecule is O=C1C=C2c3cc(Cl)ccc3OCC2C1. The lowest BCUT2D eigenvalue weighted by Crippen LogP contribution is -2.17. The number of allylic oxidation sites excluding steroid dienone is 1. The molecule has 0 spiro atoms. The van der Waals surface area contributed by atoms with Crippen LogP contribution < -0.4 is 4.74 Å². The smallest absolute Gasteiger partial charge is 0.156 e. The first-order chi connectivity index (χ1) is 7.24. The van der Waals surface area contributed by atoms with Crippen molar-refractivity contribution in [1.29, 1.82) is 0 Å². The quantitative estimate of drug-likeness (QED) is 0.672. The van der Waals surface area contributed by atoms with E-state index < -0.39 is 0 Å². The maximum absolute atomic E-state index is 11.3. The van der Waals surface area contributed by atoms with Crippen LogP contribution in [0.25, 0.3) is 5.57 Å². The molecule has 0 saturated carbocycles. The summed E-state index contributed by atoms with van der Waals surface area (Å²) in [7, 11) is 0. The van der Waals surface area contributed by atoms with Crippen LogP contribution in [-0.2, 0) is 4.79 Å². The van der Waals surface area contributed by atoms with Crippen LogP contribution in [0, 0.1) is 5.92 Å². The van der Waals surface area contributed by atoms with Crippen molar-refractivity contribution in [3.05, 3.63) is 34.9 Å². The standard InChI is InChI=1S/C12H9ClO2/c13-8-1-2-12-11(4-8)10-5-9(14)3-7(10)6-15-12/h1-2,4-5,7H,3,6H2. The fourth-order valence-corrected chi connectivity index (χ4v) is 2.37. The average molecular weight is 221 g/mol. The molecular weight excluding hydrogens is 212 g/mol. The van der Waals surface area contributed by atoms with Crippen molar-refractivity contribution < 1.29 is 9.53 Å². The molecule has 76 valence electrons. The fourth-order valence-electron chi connectivity index (χ4n) is 2.19. The van der Waals surface area contributed by atoms with Gasteiger partial charge in [-0.2, -0.15) is 0 Å². The van der Waals surface area contributed by atoms with Crippen molar-refractivity contribution in [1.82, 2.24) is 0 Å². The zero-order valence-corrected chi connectivity index (χ0v) is 8.75. The Kier molecular flexibility index (Phi) is 1.86. The third-order valence-corrected chi connectivity index (χ3v) is 3.13. The Labute approximate surface area is 92.5 Å². The lowest BCUT2D eigenvalue weighted by Gasteiger charge is -2.24. The van der Waals surface area contributed by atoms with Crippen molar-refractivity contribution in [2.75, 3.05) is 6.61 Å².